The largest absolute Gasteiger partial charge is 0.312 e. The lowest BCUT2D eigenvalue weighted by molar-refractivity contribution is 0.329. The van der Waals surface area contributed by atoms with Crippen LogP contribution in [0, 0.1) is 17.5 Å². The summed E-state index contributed by atoms with van der Waals surface area (Å²) in [6.07, 6.45) is 1.60. The first kappa shape index (κ1) is 16.1. The maximum Gasteiger partial charge on any atom is 0.133 e. The van der Waals surface area contributed by atoms with Crippen LogP contribution < -0.4 is 5.32 Å². The smallest absolute Gasteiger partial charge is 0.133 e. The Kier molecular flexibility index (Phi) is 4.19. The van der Waals surface area contributed by atoms with Gasteiger partial charge in [0.25, 0.3) is 0 Å². The van der Waals surface area contributed by atoms with E-state index in [2.05, 4.69) is 5.32 Å². The Bertz CT molecular complexity index is 736. The molecular weight excluding hydrogens is 299 g/mol. The number of hydrogen-bond donors (Lipinski definition) is 1. The molecule has 0 unspecified atom stereocenters. The van der Waals surface area contributed by atoms with Gasteiger partial charge in [-0.15, -0.1) is 0 Å². The third-order valence-corrected chi connectivity index (χ3v) is 5.13. The zero-order valence-corrected chi connectivity index (χ0v) is 13.3. The Morgan fingerprint density at radius 3 is 2.30 bits per heavy atom. The summed E-state index contributed by atoms with van der Waals surface area (Å²) in [7, 11) is 0. The molecule has 0 amide bonds. The molecule has 0 bridgehead atoms. The van der Waals surface area contributed by atoms with Gasteiger partial charge < -0.3 is 5.32 Å². The van der Waals surface area contributed by atoms with E-state index in [-0.39, 0.29) is 11.2 Å². The van der Waals surface area contributed by atoms with Gasteiger partial charge in [0.2, 0.25) is 0 Å². The molecule has 0 fully saturated rings. The van der Waals surface area contributed by atoms with Crippen LogP contribution >= 0.6 is 0 Å². The molecule has 1 N–H and O–H groups in total. The van der Waals surface area contributed by atoms with E-state index in [1.54, 1.807) is 6.07 Å². The van der Waals surface area contributed by atoms with Crippen LogP contribution in [0.25, 0.3) is 11.1 Å². The molecule has 23 heavy (non-hydrogen) atoms. The fourth-order valence-corrected chi connectivity index (χ4v) is 3.71. The Balaban J connectivity index is 2.26. The molecule has 0 radical (unpaired) electrons. The molecule has 4 heteroatoms. The Hall–Kier alpha value is -1.81. The predicted molar refractivity (Wildman–Crippen MR) is 85.7 cm³/mol. The number of nitrogens with one attached hydrogen (secondary N) is 1. The summed E-state index contributed by atoms with van der Waals surface area (Å²) in [4.78, 5) is 0. The quantitative estimate of drug-likeness (QED) is 0.845. The maximum atomic E-state index is 14.6. The minimum Gasteiger partial charge on any atom is -0.312 e. The molecule has 0 aromatic heterocycles. The molecule has 1 nitrogen and oxygen atoms in total. The zero-order valence-electron chi connectivity index (χ0n) is 13.3. The number of halogens is 3. The third-order valence-electron chi connectivity index (χ3n) is 5.13. The van der Waals surface area contributed by atoms with Gasteiger partial charge in [-0.3, -0.25) is 0 Å². The highest BCUT2D eigenvalue weighted by Crippen LogP contribution is 2.42. The Labute approximate surface area is 134 Å². The van der Waals surface area contributed by atoms with E-state index in [0.29, 0.717) is 29.8 Å². The first-order valence-electron chi connectivity index (χ1n) is 8.00. The van der Waals surface area contributed by atoms with Crippen molar-refractivity contribution in [3.05, 3.63) is 58.9 Å². The molecule has 1 heterocycles. The zero-order chi connectivity index (χ0) is 16.6. The summed E-state index contributed by atoms with van der Waals surface area (Å²) >= 11 is 0. The fourth-order valence-electron chi connectivity index (χ4n) is 3.71. The van der Waals surface area contributed by atoms with Crippen LogP contribution in [0.3, 0.4) is 0 Å². The monoisotopic (exact) mass is 319 g/mol. The van der Waals surface area contributed by atoms with Crippen molar-refractivity contribution in [2.75, 3.05) is 6.54 Å². The molecule has 2 aromatic rings. The van der Waals surface area contributed by atoms with E-state index in [4.69, 9.17) is 0 Å². The van der Waals surface area contributed by atoms with Crippen LogP contribution in [0.4, 0.5) is 13.2 Å². The lowest BCUT2D eigenvalue weighted by atomic mass is 9.70. The highest BCUT2D eigenvalue weighted by atomic mass is 19.1. The number of fused-ring (bicyclic) bond motifs is 1. The Morgan fingerprint density at radius 1 is 0.957 bits per heavy atom. The molecule has 3 rings (SSSR count). The molecule has 0 saturated carbocycles. The van der Waals surface area contributed by atoms with Crippen molar-refractivity contribution >= 4 is 0 Å². The van der Waals surface area contributed by atoms with Gasteiger partial charge >= 0.3 is 0 Å². The van der Waals surface area contributed by atoms with Crippen LogP contribution in [-0.4, -0.2) is 6.54 Å². The normalized spacial score (nSPS) is 16.2. The van der Waals surface area contributed by atoms with E-state index in [0.717, 1.165) is 24.5 Å². The van der Waals surface area contributed by atoms with Crippen molar-refractivity contribution in [2.45, 2.75) is 38.6 Å². The third kappa shape index (κ3) is 2.55. The second kappa shape index (κ2) is 6.00. The topological polar surface area (TPSA) is 12.0 Å². The first-order valence-corrected chi connectivity index (χ1v) is 8.00. The van der Waals surface area contributed by atoms with E-state index >= 15 is 0 Å². The van der Waals surface area contributed by atoms with Crippen molar-refractivity contribution in [3.63, 3.8) is 0 Å². The minimum atomic E-state index is -0.622. The van der Waals surface area contributed by atoms with Gasteiger partial charge in [0.15, 0.2) is 0 Å². The summed E-state index contributed by atoms with van der Waals surface area (Å²) < 4.78 is 42.0. The van der Waals surface area contributed by atoms with Gasteiger partial charge in [0.05, 0.1) is 0 Å². The van der Waals surface area contributed by atoms with E-state index < -0.39 is 11.6 Å². The SMILES string of the molecule is CCC1(CC)CNCc2c(-c3ccc(F)cc3F)ccc(F)c21. The van der Waals surface area contributed by atoms with Gasteiger partial charge in [-0.25, -0.2) is 13.2 Å². The molecule has 2 aromatic carbocycles. The summed E-state index contributed by atoms with van der Waals surface area (Å²) in [5.41, 5.74) is 2.13. The van der Waals surface area contributed by atoms with Crippen LogP contribution in [0.2, 0.25) is 0 Å². The van der Waals surface area contributed by atoms with Crippen LogP contribution in [0.1, 0.15) is 37.8 Å². The minimum absolute atomic E-state index is 0.239. The standard InChI is InChI=1S/C19H20F3N/c1-3-19(4-2)11-23-10-15-13(7-8-16(21)18(15)19)14-6-5-12(20)9-17(14)22/h5-9,23H,3-4,10-11H2,1-2H3. The van der Waals surface area contributed by atoms with E-state index in [9.17, 15) is 13.2 Å². The van der Waals surface area contributed by atoms with E-state index in [1.807, 2.05) is 13.8 Å². The molecule has 0 atom stereocenters. The number of hydrogen-bond acceptors (Lipinski definition) is 1. The van der Waals surface area contributed by atoms with Gasteiger partial charge in [-0.1, -0.05) is 19.9 Å². The second-order valence-electron chi connectivity index (χ2n) is 6.16. The van der Waals surface area contributed by atoms with Crippen molar-refractivity contribution in [3.8, 4) is 11.1 Å². The average Bonchev–Trinajstić information content (AvgIpc) is 2.55. The predicted octanol–water partition coefficient (Wildman–Crippen LogP) is 4.93. The summed E-state index contributed by atoms with van der Waals surface area (Å²) in [6, 6.07) is 6.52. The highest BCUT2D eigenvalue weighted by molar-refractivity contribution is 5.70. The second-order valence-corrected chi connectivity index (χ2v) is 6.16. The molecule has 0 spiro atoms. The maximum absolute atomic E-state index is 14.6. The molecule has 122 valence electrons. The lowest BCUT2D eigenvalue weighted by Crippen LogP contribution is -2.43. The van der Waals surface area contributed by atoms with Crippen LogP contribution in [0.5, 0.6) is 0 Å². The summed E-state index contributed by atoms with van der Waals surface area (Å²) in [5.74, 6) is -1.48. The molecule has 1 aliphatic heterocycles. The van der Waals surface area contributed by atoms with Gasteiger partial charge in [0.1, 0.15) is 17.5 Å². The molecule has 1 aliphatic rings. The average molecular weight is 319 g/mol. The lowest BCUT2D eigenvalue weighted by Gasteiger charge is -2.39. The number of rotatable bonds is 3. The van der Waals surface area contributed by atoms with Crippen LogP contribution in [0.15, 0.2) is 30.3 Å². The molecule has 0 aliphatic carbocycles. The molecule has 0 saturated heterocycles. The first-order chi connectivity index (χ1) is 11.0. The van der Waals surface area contributed by atoms with Gasteiger partial charge in [-0.2, -0.15) is 0 Å². The van der Waals surface area contributed by atoms with Crippen molar-refractivity contribution in [2.24, 2.45) is 0 Å². The van der Waals surface area contributed by atoms with Crippen molar-refractivity contribution < 1.29 is 13.2 Å². The summed E-state index contributed by atoms with van der Waals surface area (Å²) in [6.45, 7) is 5.29. The number of benzene rings is 2. The summed E-state index contributed by atoms with van der Waals surface area (Å²) in [5, 5.41) is 3.34. The molecular formula is C19H20F3N. The van der Waals surface area contributed by atoms with Crippen molar-refractivity contribution in [1.29, 1.82) is 0 Å². The van der Waals surface area contributed by atoms with Gasteiger partial charge in [-0.05, 0) is 42.2 Å². The highest BCUT2D eigenvalue weighted by Gasteiger charge is 2.37. The fraction of sp³-hybridized carbons (Fsp3) is 0.368. The van der Waals surface area contributed by atoms with Crippen LogP contribution in [-0.2, 0) is 12.0 Å². The van der Waals surface area contributed by atoms with Crippen molar-refractivity contribution in [1.82, 2.24) is 5.32 Å². The van der Waals surface area contributed by atoms with E-state index in [1.165, 1.54) is 18.2 Å². The Morgan fingerprint density at radius 2 is 1.65 bits per heavy atom. The van der Waals surface area contributed by atoms with Gasteiger partial charge in [0, 0.05) is 35.7 Å².